The molecule has 1 heteroatoms. The fourth-order valence-corrected chi connectivity index (χ4v) is 3.99. The predicted molar refractivity (Wildman–Crippen MR) is 67.2 cm³/mol. The van der Waals surface area contributed by atoms with Crippen LogP contribution in [0.15, 0.2) is 30.3 Å². The van der Waals surface area contributed by atoms with Gasteiger partial charge in [0.25, 0.3) is 0 Å². The zero-order valence-electron chi connectivity index (χ0n) is 8.95. The molecule has 0 amide bonds. The van der Waals surface area contributed by atoms with E-state index in [4.69, 9.17) is 0 Å². The van der Waals surface area contributed by atoms with Gasteiger partial charge in [0, 0.05) is 5.33 Å². The molecule has 80 valence electrons. The Bertz CT molecular complexity index is 334. The maximum Gasteiger partial charge on any atom is 0.00913 e. The molecule has 3 rings (SSSR count). The van der Waals surface area contributed by atoms with Gasteiger partial charge in [-0.2, -0.15) is 0 Å². The lowest BCUT2D eigenvalue weighted by molar-refractivity contribution is 0.308. The van der Waals surface area contributed by atoms with E-state index >= 15 is 0 Å². The summed E-state index contributed by atoms with van der Waals surface area (Å²) in [6, 6.07) is 11.0. The van der Waals surface area contributed by atoms with E-state index in [0.29, 0.717) is 5.41 Å². The second kappa shape index (κ2) is 3.62. The van der Waals surface area contributed by atoms with E-state index in [1.54, 1.807) is 0 Å². The molecular weight excluding hydrogens is 248 g/mol. The Morgan fingerprint density at radius 2 is 1.80 bits per heavy atom. The second-order valence-corrected chi connectivity index (χ2v) is 6.02. The standard InChI is InChI=1S/C14H17Br/c15-10-14(8-12-6-13(12)9-14)7-11-4-2-1-3-5-11/h1-5,12-13H,6-10H2. The average molecular weight is 265 g/mol. The highest BCUT2D eigenvalue weighted by Crippen LogP contribution is 2.61. The maximum atomic E-state index is 3.74. The first-order valence-corrected chi connectivity index (χ1v) is 7.03. The number of rotatable bonds is 3. The van der Waals surface area contributed by atoms with Gasteiger partial charge < -0.3 is 0 Å². The molecule has 0 heterocycles. The van der Waals surface area contributed by atoms with Gasteiger partial charge in [-0.1, -0.05) is 46.3 Å². The van der Waals surface area contributed by atoms with Crippen LogP contribution in [0.1, 0.15) is 24.8 Å². The van der Waals surface area contributed by atoms with E-state index < -0.39 is 0 Å². The number of halogens is 1. The van der Waals surface area contributed by atoms with E-state index in [9.17, 15) is 0 Å². The van der Waals surface area contributed by atoms with Crippen LogP contribution >= 0.6 is 15.9 Å². The summed E-state index contributed by atoms with van der Waals surface area (Å²) in [7, 11) is 0. The Labute approximate surface area is 100 Å². The number of alkyl halides is 1. The Morgan fingerprint density at radius 1 is 1.13 bits per heavy atom. The summed E-state index contributed by atoms with van der Waals surface area (Å²) in [5.74, 6) is 2.15. The van der Waals surface area contributed by atoms with Crippen LogP contribution in [0.4, 0.5) is 0 Å². The van der Waals surface area contributed by atoms with Crippen molar-refractivity contribution in [1.29, 1.82) is 0 Å². The number of fused-ring (bicyclic) bond motifs is 1. The third kappa shape index (κ3) is 1.87. The van der Waals surface area contributed by atoms with Crippen LogP contribution in [0.2, 0.25) is 0 Å². The lowest BCUT2D eigenvalue weighted by Crippen LogP contribution is -2.23. The van der Waals surface area contributed by atoms with Crippen molar-refractivity contribution in [3.05, 3.63) is 35.9 Å². The van der Waals surface area contributed by atoms with E-state index in [0.717, 1.165) is 11.8 Å². The topological polar surface area (TPSA) is 0 Å². The fourth-order valence-electron chi connectivity index (χ4n) is 3.34. The van der Waals surface area contributed by atoms with Crippen molar-refractivity contribution < 1.29 is 0 Å². The summed E-state index contributed by atoms with van der Waals surface area (Å²) in [4.78, 5) is 0. The molecule has 2 unspecified atom stereocenters. The SMILES string of the molecule is BrCC1(Cc2ccccc2)CC2CC2C1. The monoisotopic (exact) mass is 264 g/mol. The van der Waals surface area contributed by atoms with Crippen LogP contribution < -0.4 is 0 Å². The first-order valence-electron chi connectivity index (χ1n) is 5.91. The van der Waals surface area contributed by atoms with Gasteiger partial charge >= 0.3 is 0 Å². The Morgan fingerprint density at radius 3 is 2.40 bits per heavy atom. The molecule has 0 aromatic heterocycles. The van der Waals surface area contributed by atoms with Crippen molar-refractivity contribution in [1.82, 2.24) is 0 Å². The van der Waals surface area contributed by atoms with Crippen LogP contribution in [0.5, 0.6) is 0 Å². The van der Waals surface area contributed by atoms with E-state index in [-0.39, 0.29) is 0 Å². The Hall–Kier alpha value is -0.300. The molecular formula is C14H17Br. The van der Waals surface area contributed by atoms with Crippen LogP contribution in [0, 0.1) is 17.3 Å². The van der Waals surface area contributed by atoms with E-state index in [1.165, 1.54) is 36.6 Å². The summed E-state index contributed by atoms with van der Waals surface area (Å²) >= 11 is 3.74. The zero-order valence-corrected chi connectivity index (χ0v) is 10.5. The predicted octanol–water partition coefficient (Wildman–Crippen LogP) is 4.04. The highest BCUT2D eigenvalue weighted by molar-refractivity contribution is 9.09. The van der Waals surface area contributed by atoms with Crippen LogP contribution in [0.3, 0.4) is 0 Å². The molecule has 2 aliphatic carbocycles. The normalized spacial score (nSPS) is 37.7. The fraction of sp³-hybridized carbons (Fsp3) is 0.571. The molecule has 15 heavy (non-hydrogen) atoms. The zero-order chi connectivity index (χ0) is 10.3. The van der Waals surface area contributed by atoms with Gasteiger partial charge in [0.1, 0.15) is 0 Å². The molecule has 0 aliphatic heterocycles. The molecule has 0 spiro atoms. The minimum Gasteiger partial charge on any atom is -0.0922 e. The average Bonchev–Trinajstić information content (AvgIpc) is 2.89. The van der Waals surface area contributed by atoms with Gasteiger partial charge in [-0.3, -0.25) is 0 Å². The third-order valence-corrected chi connectivity index (χ3v) is 5.35. The van der Waals surface area contributed by atoms with Gasteiger partial charge in [-0.15, -0.1) is 0 Å². The van der Waals surface area contributed by atoms with Gasteiger partial charge in [0.2, 0.25) is 0 Å². The summed E-state index contributed by atoms with van der Waals surface area (Å²) in [5.41, 5.74) is 2.09. The van der Waals surface area contributed by atoms with Gasteiger partial charge in [-0.05, 0) is 48.5 Å². The second-order valence-electron chi connectivity index (χ2n) is 5.46. The summed E-state index contributed by atoms with van der Waals surface area (Å²) in [6.45, 7) is 0. The maximum absolute atomic E-state index is 3.74. The summed E-state index contributed by atoms with van der Waals surface area (Å²) in [5, 5.41) is 1.18. The highest BCUT2D eigenvalue weighted by atomic mass is 79.9. The lowest BCUT2D eigenvalue weighted by Gasteiger charge is -2.28. The third-order valence-electron chi connectivity index (χ3n) is 4.16. The Balaban J connectivity index is 1.75. The van der Waals surface area contributed by atoms with Crippen molar-refractivity contribution in [3.63, 3.8) is 0 Å². The van der Waals surface area contributed by atoms with Gasteiger partial charge in [0.15, 0.2) is 0 Å². The van der Waals surface area contributed by atoms with Crippen LogP contribution in [0.25, 0.3) is 0 Å². The van der Waals surface area contributed by atoms with E-state index in [2.05, 4.69) is 46.3 Å². The van der Waals surface area contributed by atoms with Crippen molar-refractivity contribution in [2.45, 2.75) is 25.7 Å². The first-order chi connectivity index (χ1) is 7.31. The lowest BCUT2D eigenvalue weighted by atomic mass is 9.79. The summed E-state index contributed by atoms with van der Waals surface area (Å²) < 4.78 is 0. The molecule has 0 nitrogen and oxygen atoms in total. The highest BCUT2D eigenvalue weighted by Gasteiger charge is 2.52. The number of hydrogen-bond donors (Lipinski definition) is 0. The molecule has 0 saturated heterocycles. The molecule has 2 atom stereocenters. The number of hydrogen-bond acceptors (Lipinski definition) is 0. The van der Waals surface area contributed by atoms with Crippen molar-refractivity contribution in [3.8, 4) is 0 Å². The Kier molecular flexibility index (Phi) is 2.39. The molecule has 0 N–H and O–H groups in total. The largest absolute Gasteiger partial charge is 0.0922 e. The van der Waals surface area contributed by atoms with Crippen molar-refractivity contribution >= 4 is 15.9 Å². The molecule has 2 saturated carbocycles. The summed E-state index contributed by atoms with van der Waals surface area (Å²) in [6.07, 6.45) is 5.70. The molecule has 1 aromatic carbocycles. The smallest absolute Gasteiger partial charge is 0.00913 e. The molecule has 1 aromatic rings. The molecule has 2 fully saturated rings. The van der Waals surface area contributed by atoms with Gasteiger partial charge in [0.05, 0.1) is 0 Å². The van der Waals surface area contributed by atoms with Crippen molar-refractivity contribution in [2.24, 2.45) is 17.3 Å². The number of benzene rings is 1. The van der Waals surface area contributed by atoms with Crippen molar-refractivity contribution in [2.75, 3.05) is 5.33 Å². The molecule has 0 radical (unpaired) electrons. The minimum absolute atomic E-state index is 0.578. The molecule has 2 aliphatic rings. The van der Waals surface area contributed by atoms with Gasteiger partial charge in [-0.25, -0.2) is 0 Å². The molecule has 0 bridgehead atoms. The quantitative estimate of drug-likeness (QED) is 0.723. The van der Waals surface area contributed by atoms with Crippen LogP contribution in [-0.4, -0.2) is 5.33 Å². The van der Waals surface area contributed by atoms with Crippen LogP contribution in [-0.2, 0) is 6.42 Å². The minimum atomic E-state index is 0.578. The first kappa shape index (κ1) is 9.89. The van der Waals surface area contributed by atoms with E-state index in [1.807, 2.05) is 0 Å².